The van der Waals surface area contributed by atoms with Crippen molar-refractivity contribution in [3.05, 3.63) is 60.6 Å². The Hall–Kier alpha value is -3.20. The molecule has 0 spiro atoms. The maximum absolute atomic E-state index is 12.7. The summed E-state index contributed by atoms with van der Waals surface area (Å²) in [6, 6.07) is 11.0. The molecule has 1 aliphatic carbocycles. The number of nitrogens with zero attached hydrogens (tertiary/aromatic N) is 4. The number of anilines is 1. The monoisotopic (exact) mass is 411 g/mol. The van der Waals surface area contributed by atoms with E-state index in [4.69, 9.17) is 4.74 Å². The van der Waals surface area contributed by atoms with E-state index in [1.807, 2.05) is 18.2 Å². The van der Waals surface area contributed by atoms with E-state index in [1.54, 1.807) is 25.2 Å². The van der Waals surface area contributed by atoms with Gasteiger partial charge in [0.05, 0.1) is 11.9 Å². The van der Waals surface area contributed by atoms with E-state index in [1.165, 1.54) is 17.1 Å². The first-order chi connectivity index (χ1) is 14.0. The smallest absolute Gasteiger partial charge is 0.267 e. The van der Waals surface area contributed by atoms with E-state index in [0.717, 1.165) is 31.3 Å². The number of nitrogens with one attached hydrogen (secondary N) is 1. The molecule has 4 rings (SSSR count). The van der Waals surface area contributed by atoms with E-state index in [0.29, 0.717) is 11.4 Å². The molecule has 0 radical (unpaired) electrons. The van der Waals surface area contributed by atoms with Crippen LogP contribution in [0.25, 0.3) is 5.57 Å². The predicted octanol–water partition coefficient (Wildman–Crippen LogP) is 3.76. The molecular formula is C20H21N5O3S. The number of benzene rings is 1. The first-order valence-corrected chi connectivity index (χ1v) is 10.8. The van der Waals surface area contributed by atoms with Crippen LogP contribution in [0.1, 0.15) is 31.4 Å². The van der Waals surface area contributed by atoms with Crippen LogP contribution in [0, 0.1) is 0 Å². The Morgan fingerprint density at radius 2 is 1.97 bits per heavy atom. The molecule has 0 saturated heterocycles. The van der Waals surface area contributed by atoms with Gasteiger partial charge in [0, 0.05) is 19.3 Å². The molecule has 0 bridgehead atoms. The Balaban J connectivity index is 1.70. The average molecular weight is 411 g/mol. The molecule has 8 nitrogen and oxygen atoms in total. The van der Waals surface area contributed by atoms with Crippen LogP contribution in [0.5, 0.6) is 11.6 Å². The van der Waals surface area contributed by atoms with Gasteiger partial charge in [0.2, 0.25) is 11.8 Å². The Morgan fingerprint density at radius 3 is 2.66 bits per heavy atom. The number of aromatic nitrogens is 4. The van der Waals surface area contributed by atoms with Gasteiger partial charge < -0.3 is 4.74 Å². The van der Waals surface area contributed by atoms with Crippen molar-refractivity contribution in [2.75, 3.05) is 4.72 Å². The molecule has 150 valence electrons. The minimum Gasteiger partial charge on any atom is -0.439 e. The SMILES string of the molecule is Cn1cc(S(=O)(=O)Nc2nc(Oc3ccccc3)cc(C3=CCCCC3)n2)cn1. The van der Waals surface area contributed by atoms with E-state index >= 15 is 0 Å². The zero-order valence-corrected chi connectivity index (χ0v) is 16.8. The maximum Gasteiger partial charge on any atom is 0.267 e. The Bertz CT molecular complexity index is 1140. The van der Waals surface area contributed by atoms with Crippen molar-refractivity contribution >= 4 is 21.5 Å². The molecule has 0 aliphatic heterocycles. The molecule has 1 N–H and O–H groups in total. The van der Waals surface area contributed by atoms with Gasteiger partial charge in [-0.15, -0.1) is 0 Å². The van der Waals surface area contributed by atoms with Gasteiger partial charge >= 0.3 is 0 Å². The Kier molecular flexibility index (Phi) is 5.30. The number of hydrogen-bond donors (Lipinski definition) is 1. The van der Waals surface area contributed by atoms with E-state index in [2.05, 4.69) is 25.9 Å². The lowest BCUT2D eigenvalue weighted by Gasteiger charge is -2.15. The molecule has 0 unspecified atom stereocenters. The molecule has 9 heteroatoms. The van der Waals surface area contributed by atoms with Gasteiger partial charge in [-0.1, -0.05) is 24.3 Å². The number of hydrogen-bond acceptors (Lipinski definition) is 6. The highest BCUT2D eigenvalue weighted by molar-refractivity contribution is 7.92. The van der Waals surface area contributed by atoms with E-state index in [-0.39, 0.29) is 16.7 Å². The normalized spacial score (nSPS) is 14.3. The van der Waals surface area contributed by atoms with Gasteiger partial charge in [-0.3, -0.25) is 4.68 Å². The largest absolute Gasteiger partial charge is 0.439 e. The van der Waals surface area contributed by atoms with Crippen molar-refractivity contribution in [1.29, 1.82) is 0 Å². The van der Waals surface area contributed by atoms with Crippen molar-refractivity contribution in [3.8, 4) is 11.6 Å². The Morgan fingerprint density at radius 1 is 1.14 bits per heavy atom. The van der Waals surface area contributed by atoms with E-state index < -0.39 is 10.0 Å². The fourth-order valence-electron chi connectivity index (χ4n) is 3.08. The van der Waals surface area contributed by atoms with Crippen molar-refractivity contribution in [2.45, 2.75) is 30.6 Å². The lowest BCUT2D eigenvalue weighted by molar-refractivity contribution is 0.462. The molecule has 0 saturated carbocycles. The van der Waals surface area contributed by atoms with Crippen LogP contribution < -0.4 is 9.46 Å². The summed E-state index contributed by atoms with van der Waals surface area (Å²) in [5, 5.41) is 3.91. The summed E-state index contributed by atoms with van der Waals surface area (Å²) in [6.07, 6.45) is 8.90. The molecule has 0 atom stereocenters. The second kappa shape index (κ2) is 8.04. The first kappa shape index (κ1) is 19.1. The predicted molar refractivity (Wildman–Crippen MR) is 109 cm³/mol. The fourth-order valence-corrected chi connectivity index (χ4v) is 4.01. The topological polar surface area (TPSA) is 99.0 Å². The summed E-state index contributed by atoms with van der Waals surface area (Å²) in [7, 11) is -2.21. The molecule has 29 heavy (non-hydrogen) atoms. The number of aryl methyl sites for hydroxylation is 1. The lowest BCUT2D eigenvalue weighted by atomic mass is 9.97. The van der Waals surface area contributed by atoms with Crippen molar-refractivity contribution < 1.29 is 13.2 Å². The second-order valence-electron chi connectivity index (χ2n) is 6.76. The summed E-state index contributed by atoms with van der Waals surface area (Å²) in [4.78, 5) is 8.74. The highest BCUT2D eigenvalue weighted by atomic mass is 32.2. The van der Waals surface area contributed by atoms with Crippen molar-refractivity contribution in [3.63, 3.8) is 0 Å². The molecule has 2 aromatic heterocycles. The minimum absolute atomic E-state index is 0.0382. The number of allylic oxidation sites excluding steroid dienone is 2. The van der Waals surface area contributed by atoms with Crippen LogP contribution in [-0.4, -0.2) is 28.2 Å². The summed E-state index contributed by atoms with van der Waals surface area (Å²) >= 11 is 0. The number of para-hydroxylation sites is 1. The summed E-state index contributed by atoms with van der Waals surface area (Å²) in [5.41, 5.74) is 1.73. The molecule has 1 aromatic carbocycles. The zero-order valence-electron chi connectivity index (χ0n) is 15.9. The number of rotatable bonds is 6. The van der Waals surface area contributed by atoms with Crippen LogP contribution in [0.15, 0.2) is 59.8 Å². The van der Waals surface area contributed by atoms with Gasteiger partial charge in [0.15, 0.2) is 0 Å². The Labute approximate surface area is 169 Å². The minimum atomic E-state index is -3.86. The van der Waals surface area contributed by atoms with Gasteiger partial charge in [-0.05, 0) is 43.4 Å². The van der Waals surface area contributed by atoms with Crippen LogP contribution in [0.4, 0.5) is 5.95 Å². The number of sulfonamides is 1. The first-order valence-electron chi connectivity index (χ1n) is 9.32. The van der Waals surface area contributed by atoms with Crippen molar-refractivity contribution in [1.82, 2.24) is 19.7 Å². The summed E-state index contributed by atoms with van der Waals surface area (Å²) in [6.45, 7) is 0. The second-order valence-corrected chi connectivity index (χ2v) is 8.44. The third kappa shape index (κ3) is 4.62. The van der Waals surface area contributed by atoms with Gasteiger partial charge in [0.1, 0.15) is 10.6 Å². The van der Waals surface area contributed by atoms with Crippen LogP contribution in [-0.2, 0) is 17.1 Å². The van der Waals surface area contributed by atoms with Crippen molar-refractivity contribution in [2.24, 2.45) is 7.05 Å². The molecule has 3 aromatic rings. The highest BCUT2D eigenvalue weighted by Gasteiger charge is 2.20. The summed E-state index contributed by atoms with van der Waals surface area (Å²) in [5.74, 6) is 0.844. The van der Waals surface area contributed by atoms with Crippen LogP contribution in [0.3, 0.4) is 0 Å². The quantitative estimate of drug-likeness (QED) is 0.663. The fraction of sp³-hybridized carbons (Fsp3) is 0.250. The lowest BCUT2D eigenvalue weighted by Crippen LogP contribution is -2.15. The summed E-state index contributed by atoms with van der Waals surface area (Å²) < 4.78 is 35.1. The third-order valence-electron chi connectivity index (χ3n) is 4.51. The molecule has 2 heterocycles. The van der Waals surface area contributed by atoms with Gasteiger partial charge in [0.25, 0.3) is 10.0 Å². The molecule has 0 amide bonds. The van der Waals surface area contributed by atoms with Gasteiger partial charge in [-0.2, -0.15) is 10.1 Å². The average Bonchev–Trinajstić information content (AvgIpc) is 3.16. The zero-order chi connectivity index (χ0) is 20.3. The van der Waals surface area contributed by atoms with Gasteiger partial charge in [-0.25, -0.2) is 18.1 Å². The third-order valence-corrected chi connectivity index (χ3v) is 5.79. The molecular weight excluding hydrogens is 390 g/mol. The van der Waals surface area contributed by atoms with E-state index in [9.17, 15) is 8.42 Å². The van der Waals surface area contributed by atoms with Crippen LogP contribution in [0.2, 0.25) is 0 Å². The molecule has 0 fully saturated rings. The molecule has 1 aliphatic rings. The van der Waals surface area contributed by atoms with Crippen LogP contribution >= 0.6 is 0 Å². The highest BCUT2D eigenvalue weighted by Crippen LogP contribution is 2.30. The maximum atomic E-state index is 12.7. The standard InChI is InChI=1S/C20H21N5O3S/c1-25-14-17(13-21-25)29(26,27)24-20-22-18(15-8-4-2-5-9-15)12-19(23-20)28-16-10-6-3-7-11-16/h3,6-8,10-14H,2,4-5,9H2,1H3,(H,22,23,24). The number of ether oxygens (including phenoxy) is 1.